The fourth-order valence-corrected chi connectivity index (χ4v) is 5.00. The van der Waals surface area contributed by atoms with Crippen LogP contribution in [0.15, 0.2) is 24.3 Å². The summed E-state index contributed by atoms with van der Waals surface area (Å²) in [5.74, 6) is -0.797. The van der Waals surface area contributed by atoms with E-state index in [-0.39, 0.29) is 30.0 Å². The zero-order valence-corrected chi connectivity index (χ0v) is 16.7. The molecule has 0 aromatic heterocycles. The molecule has 27 heavy (non-hydrogen) atoms. The van der Waals surface area contributed by atoms with E-state index in [1.807, 2.05) is 31.2 Å². The number of ketones is 1. The minimum atomic E-state index is -0.798. The molecule has 150 valence electrons. The van der Waals surface area contributed by atoms with E-state index in [0.717, 1.165) is 36.8 Å². The van der Waals surface area contributed by atoms with Crippen LogP contribution in [0.1, 0.15) is 55.6 Å². The van der Waals surface area contributed by atoms with Crippen molar-refractivity contribution in [3.05, 3.63) is 35.4 Å². The predicted molar refractivity (Wildman–Crippen MR) is 107 cm³/mol. The van der Waals surface area contributed by atoms with Crippen LogP contribution in [0, 0.1) is 12.8 Å². The first-order valence-corrected chi connectivity index (χ1v) is 10.7. The summed E-state index contributed by atoms with van der Waals surface area (Å²) in [6.45, 7) is 2.03. The molecule has 0 radical (unpaired) electrons. The monoisotopic (exact) mass is 394 g/mol. The number of carboxylic acids is 1. The van der Waals surface area contributed by atoms with Crippen molar-refractivity contribution in [2.24, 2.45) is 5.92 Å². The normalized spacial score (nSPS) is 23.5. The number of benzene rings is 1. The van der Waals surface area contributed by atoms with Gasteiger partial charge in [0.05, 0.1) is 18.6 Å². The molecule has 1 aliphatic carbocycles. The highest BCUT2D eigenvalue weighted by atomic mass is 32.2. The van der Waals surface area contributed by atoms with Crippen LogP contribution in [-0.2, 0) is 9.59 Å². The minimum absolute atomic E-state index is 0.0460. The second-order valence-corrected chi connectivity index (χ2v) is 8.63. The van der Waals surface area contributed by atoms with Crippen LogP contribution in [0.25, 0.3) is 0 Å². The summed E-state index contributed by atoms with van der Waals surface area (Å²) in [5.41, 5.74) is 1.95. The number of rotatable bonds is 11. The Bertz CT molecular complexity index is 616. The van der Waals surface area contributed by atoms with Crippen LogP contribution in [0.2, 0.25) is 0 Å². The fourth-order valence-electron chi connectivity index (χ4n) is 3.79. The molecule has 1 fully saturated rings. The van der Waals surface area contributed by atoms with Crippen molar-refractivity contribution in [3.8, 4) is 0 Å². The number of aryl methyl sites for hydroxylation is 1. The average molecular weight is 395 g/mol. The number of hydrogen-bond acceptors (Lipinski definition) is 5. The van der Waals surface area contributed by atoms with Gasteiger partial charge in [0.25, 0.3) is 0 Å². The maximum absolute atomic E-state index is 12.1. The summed E-state index contributed by atoms with van der Waals surface area (Å²) in [7, 11) is 0. The quantitative estimate of drug-likeness (QED) is 0.499. The summed E-state index contributed by atoms with van der Waals surface area (Å²) in [5, 5.41) is 28.4. The average Bonchev–Trinajstić information content (AvgIpc) is 2.90. The summed E-state index contributed by atoms with van der Waals surface area (Å²) in [6, 6.07) is 7.64. The van der Waals surface area contributed by atoms with E-state index in [2.05, 4.69) is 0 Å². The van der Waals surface area contributed by atoms with Gasteiger partial charge >= 0.3 is 5.97 Å². The molecule has 0 bridgehead atoms. The number of carbonyl (C=O) groups excluding carboxylic acids is 1. The first kappa shape index (κ1) is 21.9. The standard InChI is InChI=1S/C21H30O5S/c1-14-7-9-15(10-8-14)16(21(25)26)5-3-2-4-6-17-18(23)13-19(24)20(17)27-12-11-22/h7-10,16-17,19-20,22,24H,2-6,11-13H2,1H3,(H,25,26)/t16?,17-,19?,20+/m0/s1. The number of hydrogen-bond donors (Lipinski definition) is 3. The third-order valence-electron chi connectivity index (χ3n) is 5.29. The van der Waals surface area contributed by atoms with Crippen LogP contribution in [0.4, 0.5) is 0 Å². The largest absolute Gasteiger partial charge is 0.481 e. The Labute approximate surface area is 165 Å². The van der Waals surface area contributed by atoms with Gasteiger partial charge in [0.1, 0.15) is 5.78 Å². The van der Waals surface area contributed by atoms with Gasteiger partial charge in [-0.05, 0) is 25.3 Å². The zero-order chi connectivity index (χ0) is 19.8. The van der Waals surface area contributed by atoms with E-state index in [9.17, 15) is 19.8 Å². The number of aliphatic carboxylic acids is 1. The van der Waals surface area contributed by atoms with Crippen molar-refractivity contribution in [1.29, 1.82) is 0 Å². The molecule has 0 aliphatic heterocycles. The van der Waals surface area contributed by atoms with Crippen molar-refractivity contribution in [3.63, 3.8) is 0 Å². The Morgan fingerprint density at radius 1 is 1.22 bits per heavy atom. The molecule has 0 spiro atoms. The van der Waals surface area contributed by atoms with Gasteiger partial charge in [-0.25, -0.2) is 0 Å². The highest BCUT2D eigenvalue weighted by molar-refractivity contribution is 8.00. The molecule has 1 aliphatic rings. The van der Waals surface area contributed by atoms with Crippen LogP contribution in [0.5, 0.6) is 0 Å². The van der Waals surface area contributed by atoms with Crippen molar-refractivity contribution >= 4 is 23.5 Å². The lowest BCUT2D eigenvalue weighted by Crippen LogP contribution is -2.24. The summed E-state index contributed by atoms with van der Waals surface area (Å²) in [4.78, 5) is 23.7. The Kier molecular flexibility index (Phi) is 8.80. The molecule has 1 aromatic rings. The lowest BCUT2D eigenvalue weighted by molar-refractivity contribution is -0.139. The van der Waals surface area contributed by atoms with Gasteiger partial charge in [-0.3, -0.25) is 9.59 Å². The molecule has 4 atom stereocenters. The van der Waals surface area contributed by atoms with Crippen molar-refractivity contribution in [2.45, 2.75) is 62.7 Å². The van der Waals surface area contributed by atoms with Crippen molar-refractivity contribution in [2.75, 3.05) is 12.4 Å². The van der Waals surface area contributed by atoms with E-state index in [1.54, 1.807) is 0 Å². The molecular formula is C21H30O5S. The molecule has 6 heteroatoms. The Balaban J connectivity index is 1.78. The second kappa shape index (κ2) is 10.8. The summed E-state index contributed by atoms with van der Waals surface area (Å²) < 4.78 is 0. The van der Waals surface area contributed by atoms with Gasteiger partial charge in [0, 0.05) is 23.3 Å². The molecular weight excluding hydrogens is 364 g/mol. The van der Waals surface area contributed by atoms with Crippen molar-refractivity contribution in [1.82, 2.24) is 0 Å². The third-order valence-corrected chi connectivity index (χ3v) is 6.73. The lowest BCUT2D eigenvalue weighted by Gasteiger charge is -2.20. The van der Waals surface area contributed by atoms with E-state index in [0.29, 0.717) is 12.2 Å². The highest BCUT2D eigenvalue weighted by Crippen LogP contribution is 2.36. The molecule has 5 nitrogen and oxygen atoms in total. The predicted octanol–water partition coefficient (Wildman–Crippen LogP) is 3.16. The first-order valence-electron chi connectivity index (χ1n) is 9.66. The topological polar surface area (TPSA) is 94.8 Å². The lowest BCUT2D eigenvalue weighted by atomic mass is 9.91. The number of aliphatic hydroxyl groups excluding tert-OH is 2. The van der Waals surface area contributed by atoms with E-state index in [1.165, 1.54) is 11.8 Å². The van der Waals surface area contributed by atoms with Gasteiger partial charge in [-0.1, -0.05) is 49.1 Å². The molecule has 2 unspecified atom stereocenters. The Morgan fingerprint density at radius 3 is 2.56 bits per heavy atom. The molecule has 1 aromatic carbocycles. The third kappa shape index (κ3) is 6.33. The summed E-state index contributed by atoms with van der Waals surface area (Å²) in [6.07, 6.45) is 3.41. The molecule has 0 saturated heterocycles. The molecule has 3 N–H and O–H groups in total. The number of carbonyl (C=O) groups is 2. The number of carboxylic acid groups (broad SMARTS) is 1. The fraction of sp³-hybridized carbons (Fsp3) is 0.619. The molecule has 0 heterocycles. The first-order chi connectivity index (χ1) is 12.9. The molecule has 0 amide bonds. The maximum Gasteiger partial charge on any atom is 0.310 e. The van der Waals surface area contributed by atoms with Crippen molar-refractivity contribution < 1.29 is 24.9 Å². The highest BCUT2D eigenvalue weighted by Gasteiger charge is 2.41. The SMILES string of the molecule is Cc1ccc(C(CCCCC[C@H]2C(=O)CC(O)[C@@H]2SCCO)C(=O)O)cc1. The van der Waals surface area contributed by atoms with Gasteiger partial charge < -0.3 is 15.3 Å². The minimum Gasteiger partial charge on any atom is -0.481 e. The molecule has 1 saturated carbocycles. The Morgan fingerprint density at radius 2 is 1.93 bits per heavy atom. The van der Waals surface area contributed by atoms with Gasteiger partial charge in [0.15, 0.2) is 0 Å². The number of unbranched alkanes of at least 4 members (excludes halogenated alkanes) is 2. The maximum atomic E-state index is 12.1. The van der Waals surface area contributed by atoms with Gasteiger partial charge in [-0.15, -0.1) is 0 Å². The zero-order valence-electron chi connectivity index (χ0n) is 15.8. The van der Waals surface area contributed by atoms with E-state index in [4.69, 9.17) is 5.11 Å². The van der Waals surface area contributed by atoms with Crippen LogP contribution in [-0.4, -0.2) is 50.8 Å². The molecule has 2 rings (SSSR count). The summed E-state index contributed by atoms with van der Waals surface area (Å²) >= 11 is 1.48. The van der Waals surface area contributed by atoms with E-state index >= 15 is 0 Å². The number of Topliss-reactive ketones (excluding diaryl/α,β-unsaturated/α-hetero) is 1. The van der Waals surface area contributed by atoms with Crippen LogP contribution < -0.4 is 0 Å². The smallest absolute Gasteiger partial charge is 0.310 e. The van der Waals surface area contributed by atoms with E-state index < -0.39 is 18.0 Å². The van der Waals surface area contributed by atoms with Crippen LogP contribution >= 0.6 is 11.8 Å². The van der Waals surface area contributed by atoms with Gasteiger partial charge in [0.2, 0.25) is 0 Å². The van der Waals surface area contributed by atoms with Crippen LogP contribution in [0.3, 0.4) is 0 Å². The number of thioether (sulfide) groups is 1. The second-order valence-electron chi connectivity index (χ2n) is 7.34. The van der Waals surface area contributed by atoms with Gasteiger partial charge in [-0.2, -0.15) is 11.8 Å². The Hall–Kier alpha value is -1.37. The number of aliphatic hydroxyl groups is 2.